The molecule has 28 heavy (non-hydrogen) atoms. The third-order valence-electron chi connectivity index (χ3n) is 4.13. The van der Waals surface area contributed by atoms with E-state index in [1.807, 2.05) is 61.5 Å². The van der Waals surface area contributed by atoms with Gasteiger partial charge in [-0.2, -0.15) is 10.1 Å². The summed E-state index contributed by atoms with van der Waals surface area (Å²) >= 11 is 6.22. The lowest BCUT2D eigenvalue weighted by atomic mass is 10.2. The number of hydrazone groups is 1. The number of amidine groups is 1. The number of nitrogens with zero attached hydrogens (tertiary/aromatic N) is 3. The maximum absolute atomic E-state index is 13.0. The Morgan fingerprint density at radius 1 is 1.04 bits per heavy atom. The summed E-state index contributed by atoms with van der Waals surface area (Å²) in [5.74, 6) is 1.44. The minimum atomic E-state index is -0.335. The standard InChI is InChI=1S/C22H16ClN3O2/c1-15-11-12-18(28-15)14-24-26-21(16-7-3-2-4-8-16)25-20(22(26)27)13-17-9-5-6-10-19(17)23/h2-14H,1H3. The molecule has 0 saturated heterocycles. The molecule has 0 radical (unpaired) electrons. The summed E-state index contributed by atoms with van der Waals surface area (Å²) in [6, 6.07) is 20.3. The largest absolute Gasteiger partial charge is 0.460 e. The normalized spacial score (nSPS) is 15.6. The Labute approximate surface area is 167 Å². The quantitative estimate of drug-likeness (QED) is 0.470. The lowest BCUT2D eigenvalue weighted by Crippen LogP contribution is -2.27. The molecular weight excluding hydrogens is 374 g/mol. The number of hydrogen-bond donors (Lipinski definition) is 0. The summed E-state index contributed by atoms with van der Waals surface area (Å²) in [6.07, 6.45) is 3.17. The fraction of sp³-hybridized carbons (Fsp3) is 0.0455. The highest BCUT2D eigenvalue weighted by molar-refractivity contribution is 6.32. The first-order chi connectivity index (χ1) is 13.6. The predicted molar refractivity (Wildman–Crippen MR) is 110 cm³/mol. The zero-order valence-corrected chi connectivity index (χ0v) is 15.8. The number of aliphatic imine (C=N–C) groups is 1. The highest BCUT2D eigenvalue weighted by Crippen LogP contribution is 2.25. The molecule has 0 saturated carbocycles. The number of halogens is 1. The van der Waals surface area contributed by atoms with Crippen molar-refractivity contribution >= 4 is 35.6 Å². The van der Waals surface area contributed by atoms with Gasteiger partial charge in [0.15, 0.2) is 5.84 Å². The lowest BCUT2D eigenvalue weighted by molar-refractivity contribution is -0.122. The van der Waals surface area contributed by atoms with E-state index in [0.29, 0.717) is 16.6 Å². The maximum atomic E-state index is 13.0. The molecule has 6 heteroatoms. The van der Waals surface area contributed by atoms with Crippen LogP contribution in [0.1, 0.15) is 22.6 Å². The first kappa shape index (κ1) is 17.9. The molecule has 0 aliphatic carbocycles. The molecule has 5 nitrogen and oxygen atoms in total. The molecule has 0 unspecified atom stereocenters. The van der Waals surface area contributed by atoms with E-state index in [-0.39, 0.29) is 11.6 Å². The van der Waals surface area contributed by atoms with Gasteiger partial charge < -0.3 is 4.42 Å². The second kappa shape index (κ2) is 7.66. The van der Waals surface area contributed by atoms with Crippen molar-refractivity contribution in [1.82, 2.24) is 5.01 Å². The van der Waals surface area contributed by atoms with E-state index in [1.165, 1.54) is 11.2 Å². The number of amides is 1. The van der Waals surface area contributed by atoms with Crippen molar-refractivity contribution in [3.05, 3.63) is 100 Å². The van der Waals surface area contributed by atoms with E-state index < -0.39 is 0 Å². The van der Waals surface area contributed by atoms with Crippen LogP contribution in [-0.2, 0) is 4.79 Å². The van der Waals surface area contributed by atoms with E-state index in [4.69, 9.17) is 16.0 Å². The van der Waals surface area contributed by atoms with E-state index in [1.54, 1.807) is 18.2 Å². The van der Waals surface area contributed by atoms with E-state index in [9.17, 15) is 4.79 Å². The average molecular weight is 390 g/mol. The Morgan fingerprint density at radius 2 is 1.79 bits per heavy atom. The number of carbonyl (C=O) groups is 1. The monoisotopic (exact) mass is 389 g/mol. The van der Waals surface area contributed by atoms with Crippen LogP contribution in [0.2, 0.25) is 5.02 Å². The van der Waals surface area contributed by atoms with Gasteiger partial charge in [-0.25, -0.2) is 4.99 Å². The van der Waals surface area contributed by atoms with Crippen molar-refractivity contribution in [2.45, 2.75) is 6.92 Å². The van der Waals surface area contributed by atoms with Gasteiger partial charge >= 0.3 is 0 Å². The molecule has 0 bridgehead atoms. The number of carbonyl (C=O) groups excluding carboxylic acids is 1. The number of aryl methyl sites for hydroxylation is 1. The van der Waals surface area contributed by atoms with Crippen molar-refractivity contribution in [2.24, 2.45) is 10.1 Å². The summed E-state index contributed by atoms with van der Waals surface area (Å²) in [7, 11) is 0. The molecule has 4 rings (SSSR count). The van der Waals surface area contributed by atoms with Crippen LogP contribution in [0.15, 0.2) is 86.9 Å². The first-order valence-electron chi connectivity index (χ1n) is 8.67. The van der Waals surface area contributed by atoms with Gasteiger partial charge in [0.1, 0.15) is 17.2 Å². The Bertz CT molecular complexity index is 1110. The van der Waals surface area contributed by atoms with Crippen LogP contribution in [0.25, 0.3) is 6.08 Å². The SMILES string of the molecule is Cc1ccc(C=NN2C(=O)C(=Cc3ccccc3Cl)N=C2c2ccccc2)o1. The highest BCUT2D eigenvalue weighted by atomic mass is 35.5. The Kier molecular flexibility index (Phi) is 4.91. The van der Waals surface area contributed by atoms with Crippen LogP contribution in [-0.4, -0.2) is 23.0 Å². The molecule has 0 atom stereocenters. The van der Waals surface area contributed by atoms with E-state index in [0.717, 1.165) is 16.9 Å². The molecule has 1 aromatic heterocycles. The molecule has 1 aliphatic heterocycles. The summed E-state index contributed by atoms with van der Waals surface area (Å²) in [4.78, 5) is 17.5. The molecule has 1 amide bonds. The lowest BCUT2D eigenvalue weighted by Gasteiger charge is -2.11. The molecule has 0 spiro atoms. The smallest absolute Gasteiger partial charge is 0.298 e. The van der Waals surface area contributed by atoms with Gasteiger partial charge in [-0.3, -0.25) is 4.79 Å². The van der Waals surface area contributed by atoms with Gasteiger partial charge in [0.2, 0.25) is 0 Å². The molecule has 2 heterocycles. The van der Waals surface area contributed by atoms with Crippen molar-refractivity contribution in [3.8, 4) is 0 Å². The van der Waals surface area contributed by atoms with Gasteiger partial charge in [0.05, 0.1) is 6.21 Å². The van der Waals surface area contributed by atoms with Gasteiger partial charge in [-0.1, -0.05) is 60.1 Å². The van der Waals surface area contributed by atoms with Gasteiger partial charge in [-0.05, 0) is 36.8 Å². The third-order valence-corrected chi connectivity index (χ3v) is 4.47. The molecular formula is C22H16ClN3O2. The van der Waals surface area contributed by atoms with Crippen molar-refractivity contribution in [1.29, 1.82) is 0 Å². The Hall–Kier alpha value is -3.44. The average Bonchev–Trinajstić information content (AvgIpc) is 3.26. The van der Waals surface area contributed by atoms with Crippen LogP contribution in [0.3, 0.4) is 0 Å². The number of hydrogen-bond acceptors (Lipinski definition) is 4. The minimum Gasteiger partial charge on any atom is -0.460 e. The Morgan fingerprint density at radius 3 is 2.50 bits per heavy atom. The molecule has 2 aromatic carbocycles. The zero-order chi connectivity index (χ0) is 19.5. The summed E-state index contributed by atoms with van der Waals surface area (Å²) < 4.78 is 5.50. The van der Waals surface area contributed by atoms with E-state index in [2.05, 4.69) is 10.1 Å². The molecule has 138 valence electrons. The highest BCUT2D eigenvalue weighted by Gasteiger charge is 2.31. The van der Waals surface area contributed by atoms with Gasteiger partial charge in [0, 0.05) is 10.6 Å². The summed E-state index contributed by atoms with van der Waals surface area (Å²) in [5, 5.41) is 6.14. The topological polar surface area (TPSA) is 58.2 Å². The van der Waals surface area contributed by atoms with Crippen molar-refractivity contribution in [2.75, 3.05) is 0 Å². The fourth-order valence-electron chi connectivity index (χ4n) is 2.77. The van der Waals surface area contributed by atoms with Crippen LogP contribution in [0.5, 0.6) is 0 Å². The first-order valence-corrected chi connectivity index (χ1v) is 9.05. The van der Waals surface area contributed by atoms with E-state index >= 15 is 0 Å². The van der Waals surface area contributed by atoms with Crippen molar-refractivity contribution in [3.63, 3.8) is 0 Å². The van der Waals surface area contributed by atoms with Gasteiger partial charge in [0.25, 0.3) is 5.91 Å². The fourth-order valence-corrected chi connectivity index (χ4v) is 2.96. The number of furan rings is 1. The Balaban J connectivity index is 1.74. The van der Waals surface area contributed by atoms with Gasteiger partial charge in [-0.15, -0.1) is 0 Å². The number of benzene rings is 2. The molecule has 0 fully saturated rings. The number of rotatable bonds is 4. The third kappa shape index (κ3) is 3.66. The van der Waals surface area contributed by atoms with Crippen LogP contribution < -0.4 is 0 Å². The summed E-state index contributed by atoms with van der Waals surface area (Å²) in [6.45, 7) is 1.85. The molecule has 0 N–H and O–H groups in total. The van der Waals surface area contributed by atoms with Crippen LogP contribution >= 0.6 is 11.6 Å². The summed E-state index contributed by atoms with van der Waals surface area (Å²) in [5.41, 5.74) is 1.77. The molecule has 1 aliphatic rings. The second-order valence-electron chi connectivity index (χ2n) is 6.16. The second-order valence-corrected chi connectivity index (χ2v) is 6.57. The molecule has 3 aromatic rings. The maximum Gasteiger partial charge on any atom is 0.298 e. The zero-order valence-electron chi connectivity index (χ0n) is 15.0. The minimum absolute atomic E-state index is 0.264. The van der Waals surface area contributed by atoms with Crippen LogP contribution in [0, 0.1) is 6.92 Å². The van der Waals surface area contributed by atoms with Crippen LogP contribution in [0.4, 0.5) is 0 Å². The predicted octanol–water partition coefficient (Wildman–Crippen LogP) is 4.91. The van der Waals surface area contributed by atoms with Crippen molar-refractivity contribution < 1.29 is 9.21 Å².